The molecular weight excluding hydrogens is 350 g/mol. The van der Waals surface area contributed by atoms with Gasteiger partial charge in [0.05, 0.1) is 0 Å². The molecule has 3 rings (SSSR count). The standard InChI is InChI=1S/C21H24F2N2O2/c22-17-5-8-19(9-6-17)27-14-13-24-12-11-18-7-10-21(26)25(18)15-16-3-1-2-4-20(16)23/h1-6,8-9,18,24H,7,10-15H2/t18-/m0/s1. The lowest BCUT2D eigenvalue weighted by Crippen LogP contribution is -2.35. The van der Waals surface area contributed by atoms with Crippen molar-refractivity contribution in [3.05, 3.63) is 65.7 Å². The van der Waals surface area contributed by atoms with Crippen LogP contribution in [0.2, 0.25) is 0 Å². The summed E-state index contributed by atoms with van der Waals surface area (Å²) in [5.74, 6) is 0.164. The van der Waals surface area contributed by atoms with Crippen molar-refractivity contribution in [1.82, 2.24) is 10.2 Å². The highest BCUT2D eigenvalue weighted by Gasteiger charge is 2.30. The third-order valence-electron chi connectivity index (χ3n) is 4.77. The maximum absolute atomic E-state index is 13.9. The van der Waals surface area contributed by atoms with Crippen LogP contribution >= 0.6 is 0 Å². The van der Waals surface area contributed by atoms with Crippen LogP contribution in [0.1, 0.15) is 24.8 Å². The molecule has 0 unspecified atom stereocenters. The second-order valence-electron chi connectivity index (χ2n) is 6.65. The van der Waals surface area contributed by atoms with Crippen molar-refractivity contribution in [2.24, 2.45) is 0 Å². The van der Waals surface area contributed by atoms with Crippen LogP contribution in [0.5, 0.6) is 5.75 Å². The highest BCUT2D eigenvalue weighted by molar-refractivity contribution is 5.78. The van der Waals surface area contributed by atoms with Crippen molar-refractivity contribution in [2.75, 3.05) is 19.7 Å². The first-order valence-corrected chi connectivity index (χ1v) is 9.25. The molecule has 4 nitrogen and oxygen atoms in total. The van der Waals surface area contributed by atoms with E-state index in [1.54, 1.807) is 35.2 Å². The zero-order valence-corrected chi connectivity index (χ0v) is 15.2. The van der Waals surface area contributed by atoms with E-state index in [0.717, 1.165) is 19.4 Å². The minimum atomic E-state index is -0.286. The van der Waals surface area contributed by atoms with Crippen LogP contribution in [0, 0.1) is 11.6 Å². The van der Waals surface area contributed by atoms with Crippen molar-refractivity contribution in [3.63, 3.8) is 0 Å². The Morgan fingerprint density at radius 3 is 2.63 bits per heavy atom. The van der Waals surface area contributed by atoms with Gasteiger partial charge in [0, 0.05) is 31.1 Å². The average Bonchev–Trinajstić information content (AvgIpc) is 3.01. The van der Waals surface area contributed by atoms with Crippen LogP contribution in [0.3, 0.4) is 0 Å². The van der Waals surface area contributed by atoms with Crippen LogP contribution < -0.4 is 10.1 Å². The van der Waals surface area contributed by atoms with Gasteiger partial charge in [-0.25, -0.2) is 8.78 Å². The molecule has 2 aromatic rings. The lowest BCUT2D eigenvalue weighted by Gasteiger charge is -2.25. The molecule has 0 aromatic heterocycles. The van der Waals surface area contributed by atoms with E-state index >= 15 is 0 Å². The quantitative estimate of drug-likeness (QED) is 0.683. The zero-order valence-electron chi connectivity index (χ0n) is 15.2. The molecule has 1 aliphatic heterocycles. The highest BCUT2D eigenvalue weighted by atomic mass is 19.1. The van der Waals surface area contributed by atoms with Gasteiger partial charge in [0.15, 0.2) is 0 Å². The number of hydrogen-bond donors (Lipinski definition) is 1. The van der Waals surface area contributed by atoms with Gasteiger partial charge in [0.25, 0.3) is 0 Å². The van der Waals surface area contributed by atoms with E-state index in [-0.39, 0.29) is 23.6 Å². The number of amides is 1. The molecular formula is C21H24F2N2O2. The summed E-state index contributed by atoms with van der Waals surface area (Å²) in [5.41, 5.74) is 0.554. The molecule has 0 spiro atoms. The van der Waals surface area contributed by atoms with Crippen LogP contribution in [0.4, 0.5) is 8.78 Å². The fraction of sp³-hybridized carbons (Fsp3) is 0.381. The van der Waals surface area contributed by atoms with E-state index in [9.17, 15) is 13.6 Å². The van der Waals surface area contributed by atoms with E-state index in [0.29, 0.717) is 37.4 Å². The molecule has 1 heterocycles. The lowest BCUT2D eigenvalue weighted by atomic mass is 10.1. The minimum Gasteiger partial charge on any atom is -0.492 e. The Kier molecular flexibility index (Phi) is 6.76. The van der Waals surface area contributed by atoms with Crippen molar-refractivity contribution in [1.29, 1.82) is 0 Å². The van der Waals surface area contributed by atoms with E-state index < -0.39 is 0 Å². The van der Waals surface area contributed by atoms with Gasteiger partial charge in [0.1, 0.15) is 24.0 Å². The summed E-state index contributed by atoms with van der Waals surface area (Å²) in [6.45, 7) is 2.21. The second kappa shape index (κ2) is 9.46. The molecule has 0 bridgehead atoms. The Morgan fingerprint density at radius 1 is 1.07 bits per heavy atom. The fourth-order valence-corrected chi connectivity index (χ4v) is 3.29. The number of benzene rings is 2. The van der Waals surface area contributed by atoms with Crippen LogP contribution in [0.15, 0.2) is 48.5 Å². The van der Waals surface area contributed by atoms with Gasteiger partial charge in [-0.15, -0.1) is 0 Å². The third kappa shape index (κ3) is 5.50. The summed E-state index contributed by atoms with van der Waals surface area (Å²) in [4.78, 5) is 13.9. The van der Waals surface area contributed by atoms with Gasteiger partial charge >= 0.3 is 0 Å². The molecule has 1 amide bonds. The smallest absolute Gasteiger partial charge is 0.223 e. The molecule has 1 atom stereocenters. The van der Waals surface area contributed by atoms with Crippen LogP contribution in [-0.2, 0) is 11.3 Å². The Labute approximate surface area is 158 Å². The van der Waals surface area contributed by atoms with Crippen molar-refractivity contribution in [3.8, 4) is 5.75 Å². The monoisotopic (exact) mass is 374 g/mol. The Hall–Kier alpha value is -2.47. The molecule has 0 aliphatic carbocycles. The second-order valence-corrected chi connectivity index (χ2v) is 6.65. The number of nitrogens with one attached hydrogen (secondary N) is 1. The lowest BCUT2D eigenvalue weighted by molar-refractivity contribution is -0.129. The van der Waals surface area contributed by atoms with E-state index in [1.165, 1.54) is 18.2 Å². The van der Waals surface area contributed by atoms with Gasteiger partial charge in [-0.1, -0.05) is 18.2 Å². The number of rotatable bonds is 9. The molecule has 1 saturated heterocycles. The summed E-state index contributed by atoms with van der Waals surface area (Å²) in [5, 5.41) is 3.29. The number of carbonyl (C=O) groups excluding carboxylic acids is 1. The largest absolute Gasteiger partial charge is 0.492 e. The van der Waals surface area contributed by atoms with Gasteiger partial charge in [-0.2, -0.15) is 0 Å². The number of halogens is 2. The minimum absolute atomic E-state index is 0.0860. The molecule has 1 aliphatic rings. The number of ether oxygens (including phenoxy) is 1. The predicted octanol–water partition coefficient (Wildman–Crippen LogP) is 3.51. The predicted molar refractivity (Wildman–Crippen MR) is 99.4 cm³/mol. The van der Waals surface area contributed by atoms with Gasteiger partial charge < -0.3 is 15.0 Å². The highest BCUT2D eigenvalue weighted by Crippen LogP contribution is 2.24. The molecule has 1 N–H and O–H groups in total. The number of hydrogen-bond acceptors (Lipinski definition) is 3. The van der Waals surface area contributed by atoms with Gasteiger partial charge in [-0.05, 0) is 49.7 Å². The molecule has 1 fully saturated rings. The maximum atomic E-state index is 13.9. The van der Waals surface area contributed by atoms with E-state index in [2.05, 4.69) is 5.32 Å². The van der Waals surface area contributed by atoms with Crippen molar-refractivity contribution >= 4 is 5.91 Å². The first-order chi connectivity index (χ1) is 13.1. The summed E-state index contributed by atoms with van der Waals surface area (Å²) < 4.78 is 32.2. The molecule has 0 radical (unpaired) electrons. The molecule has 144 valence electrons. The summed E-state index contributed by atoms with van der Waals surface area (Å²) in [6, 6.07) is 12.6. The maximum Gasteiger partial charge on any atom is 0.223 e. The van der Waals surface area contributed by atoms with E-state index in [1.807, 2.05) is 0 Å². The van der Waals surface area contributed by atoms with Crippen LogP contribution in [-0.4, -0.2) is 36.5 Å². The van der Waals surface area contributed by atoms with Gasteiger partial charge in [-0.3, -0.25) is 4.79 Å². The summed E-state index contributed by atoms with van der Waals surface area (Å²) in [6.07, 6.45) is 2.14. The van der Waals surface area contributed by atoms with Crippen molar-refractivity contribution < 1.29 is 18.3 Å². The van der Waals surface area contributed by atoms with Gasteiger partial charge in [0.2, 0.25) is 5.91 Å². The van der Waals surface area contributed by atoms with Crippen LogP contribution in [0.25, 0.3) is 0 Å². The van der Waals surface area contributed by atoms with Crippen molar-refractivity contribution in [2.45, 2.75) is 31.8 Å². The Bertz CT molecular complexity index is 752. The zero-order chi connectivity index (χ0) is 19.1. The molecule has 0 saturated carbocycles. The van der Waals surface area contributed by atoms with E-state index in [4.69, 9.17) is 4.74 Å². The third-order valence-corrected chi connectivity index (χ3v) is 4.77. The fourth-order valence-electron chi connectivity index (χ4n) is 3.29. The normalized spacial score (nSPS) is 16.7. The Morgan fingerprint density at radius 2 is 1.85 bits per heavy atom. The topological polar surface area (TPSA) is 41.6 Å². The molecule has 27 heavy (non-hydrogen) atoms. The SMILES string of the molecule is O=C1CC[C@@H](CCNCCOc2ccc(F)cc2)N1Cc1ccccc1F. The molecule has 6 heteroatoms. The molecule has 2 aromatic carbocycles. The number of carbonyl (C=O) groups is 1. The number of nitrogens with zero attached hydrogens (tertiary/aromatic N) is 1. The number of likely N-dealkylation sites (tertiary alicyclic amines) is 1. The Balaban J connectivity index is 1.38. The summed E-state index contributed by atoms with van der Waals surface area (Å²) in [7, 11) is 0. The average molecular weight is 374 g/mol. The first-order valence-electron chi connectivity index (χ1n) is 9.25. The summed E-state index contributed by atoms with van der Waals surface area (Å²) >= 11 is 0. The first kappa shape index (κ1) is 19.3.